The predicted molar refractivity (Wildman–Crippen MR) is 33.2 cm³/mol. The molecule has 0 atom stereocenters. The van der Waals surface area contributed by atoms with Gasteiger partial charge in [-0.2, -0.15) is 6.07 Å². The van der Waals surface area contributed by atoms with Gasteiger partial charge in [-0.1, -0.05) is 6.07 Å². The largest absolute Gasteiger partial charge is 0.493 e. The SMILES string of the molecule is [CH2-]c1ccc(C(C)=O)o1.[Y]. The topological polar surface area (TPSA) is 30.2 Å². The number of hydrogen-bond donors (Lipinski definition) is 0. The number of Topliss-reactive ketones (excluding diaryl/α,β-unsaturated/α-hetero) is 1. The number of rotatable bonds is 1. The molecule has 0 spiro atoms. The predicted octanol–water partition coefficient (Wildman–Crippen LogP) is 1.66. The summed E-state index contributed by atoms with van der Waals surface area (Å²) >= 11 is 0. The van der Waals surface area contributed by atoms with Gasteiger partial charge >= 0.3 is 0 Å². The number of hydrogen-bond acceptors (Lipinski definition) is 2. The fourth-order valence-electron chi connectivity index (χ4n) is 0.567. The molecular weight excluding hydrogens is 205 g/mol. The van der Waals surface area contributed by atoms with Gasteiger partial charge in [-0.15, -0.1) is 0 Å². The van der Waals surface area contributed by atoms with Crippen LogP contribution in [0.5, 0.6) is 0 Å². The Bertz CT molecular complexity index is 227. The van der Waals surface area contributed by atoms with Crippen molar-refractivity contribution in [2.45, 2.75) is 6.92 Å². The molecule has 0 aliphatic rings. The van der Waals surface area contributed by atoms with Crippen LogP contribution in [0.15, 0.2) is 16.5 Å². The molecule has 0 N–H and O–H groups in total. The summed E-state index contributed by atoms with van der Waals surface area (Å²) in [4.78, 5) is 10.5. The van der Waals surface area contributed by atoms with Gasteiger partial charge in [-0.3, -0.25) is 4.79 Å². The second-order valence-electron chi connectivity index (χ2n) is 1.82. The van der Waals surface area contributed by atoms with E-state index >= 15 is 0 Å². The van der Waals surface area contributed by atoms with Crippen LogP contribution in [0.25, 0.3) is 0 Å². The summed E-state index contributed by atoms with van der Waals surface area (Å²) in [5, 5.41) is 0. The molecule has 0 aliphatic carbocycles. The first-order chi connectivity index (χ1) is 4.20. The molecule has 0 fully saturated rings. The van der Waals surface area contributed by atoms with E-state index in [4.69, 9.17) is 4.42 Å². The minimum absolute atomic E-state index is 0. The first kappa shape index (κ1) is 9.92. The molecule has 0 aromatic carbocycles. The Labute approximate surface area is 84.9 Å². The smallest absolute Gasteiger partial charge is 0.193 e. The first-order valence-electron chi connectivity index (χ1n) is 2.63. The van der Waals surface area contributed by atoms with Crippen LogP contribution in [0, 0.1) is 6.92 Å². The van der Waals surface area contributed by atoms with Gasteiger partial charge in [-0.25, -0.2) is 6.92 Å². The van der Waals surface area contributed by atoms with Crippen molar-refractivity contribution in [2.75, 3.05) is 0 Å². The molecule has 0 aliphatic heterocycles. The zero-order valence-electron chi connectivity index (χ0n) is 5.76. The molecule has 10 heavy (non-hydrogen) atoms. The molecule has 1 aromatic heterocycles. The quantitative estimate of drug-likeness (QED) is 0.523. The maximum absolute atomic E-state index is 10.5. The third-order valence-corrected chi connectivity index (χ3v) is 1.01. The Morgan fingerprint density at radius 3 is 2.40 bits per heavy atom. The van der Waals surface area contributed by atoms with Gasteiger partial charge < -0.3 is 4.42 Å². The van der Waals surface area contributed by atoms with Crippen LogP contribution >= 0.6 is 0 Å². The van der Waals surface area contributed by atoms with Gasteiger partial charge in [0.15, 0.2) is 5.78 Å². The second-order valence-corrected chi connectivity index (χ2v) is 1.82. The van der Waals surface area contributed by atoms with Gasteiger partial charge in [0.05, 0.1) is 0 Å². The van der Waals surface area contributed by atoms with E-state index in [1.54, 1.807) is 12.1 Å². The van der Waals surface area contributed by atoms with E-state index in [-0.39, 0.29) is 38.5 Å². The van der Waals surface area contributed by atoms with Gasteiger partial charge in [0.2, 0.25) is 0 Å². The van der Waals surface area contributed by atoms with E-state index in [9.17, 15) is 4.79 Å². The van der Waals surface area contributed by atoms with Crippen molar-refractivity contribution in [3.8, 4) is 0 Å². The zero-order valence-corrected chi connectivity index (χ0v) is 8.59. The summed E-state index contributed by atoms with van der Waals surface area (Å²) in [6.45, 7) is 4.96. The molecule has 1 aromatic rings. The van der Waals surface area contributed by atoms with Crippen molar-refractivity contribution >= 4 is 5.78 Å². The van der Waals surface area contributed by atoms with Crippen LogP contribution in [0.2, 0.25) is 0 Å². The van der Waals surface area contributed by atoms with Gasteiger partial charge in [0.25, 0.3) is 0 Å². The third-order valence-electron chi connectivity index (χ3n) is 1.01. The molecule has 1 heterocycles. The van der Waals surface area contributed by atoms with Crippen LogP contribution in [-0.4, -0.2) is 5.78 Å². The number of furan rings is 1. The zero-order chi connectivity index (χ0) is 6.85. The van der Waals surface area contributed by atoms with E-state index in [1.807, 2.05) is 0 Å². The van der Waals surface area contributed by atoms with Gasteiger partial charge in [-0.05, 0) is 5.76 Å². The Balaban J connectivity index is 0.000000810. The first-order valence-corrected chi connectivity index (χ1v) is 2.63. The van der Waals surface area contributed by atoms with Crippen molar-refractivity contribution in [3.63, 3.8) is 0 Å². The van der Waals surface area contributed by atoms with Crippen molar-refractivity contribution in [1.82, 2.24) is 0 Å². The van der Waals surface area contributed by atoms with Crippen molar-refractivity contribution < 1.29 is 41.9 Å². The van der Waals surface area contributed by atoms with E-state index in [0.717, 1.165) is 0 Å². The molecule has 3 heteroatoms. The number of carbonyl (C=O) groups excluding carboxylic acids is 1. The fraction of sp³-hybridized carbons (Fsp3) is 0.143. The standard InChI is InChI=1S/C7H7O2.Y/c1-5-3-4-7(9-5)6(2)8;/h3-4H,1H2,2H3;/q-1;. The number of carbonyl (C=O) groups is 1. The average molecular weight is 212 g/mol. The summed E-state index contributed by atoms with van der Waals surface area (Å²) in [6.07, 6.45) is 0. The molecular formula is C7H7O2Y-. The normalized spacial score (nSPS) is 8.50. The van der Waals surface area contributed by atoms with Crippen LogP contribution < -0.4 is 0 Å². The molecule has 2 nitrogen and oxygen atoms in total. The van der Waals surface area contributed by atoms with E-state index < -0.39 is 0 Å². The maximum Gasteiger partial charge on any atom is 0.193 e. The monoisotopic (exact) mass is 212 g/mol. The second kappa shape index (κ2) is 3.94. The summed E-state index contributed by atoms with van der Waals surface area (Å²) in [5.74, 6) is 0.838. The summed E-state index contributed by atoms with van der Waals surface area (Å²) < 4.78 is 4.88. The Morgan fingerprint density at radius 2 is 2.20 bits per heavy atom. The Hall–Kier alpha value is -0.0761. The Kier molecular flexibility index (Phi) is 3.91. The summed E-state index contributed by atoms with van der Waals surface area (Å²) in [6, 6.07) is 3.28. The molecule has 1 rings (SSSR count). The third kappa shape index (κ3) is 2.27. The fourth-order valence-corrected chi connectivity index (χ4v) is 0.567. The molecule has 0 unspecified atom stereocenters. The molecule has 0 amide bonds. The Morgan fingerprint density at radius 1 is 1.60 bits per heavy atom. The average Bonchev–Trinajstić information content (AvgIpc) is 2.14. The van der Waals surface area contributed by atoms with Crippen molar-refractivity contribution in [2.24, 2.45) is 0 Å². The molecule has 0 saturated heterocycles. The van der Waals surface area contributed by atoms with Gasteiger partial charge in [0, 0.05) is 39.6 Å². The molecule has 0 saturated carbocycles. The van der Waals surface area contributed by atoms with Gasteiger partial charge in [0.1, 0.15) is 5.76 Å². The van der Waals surface area contributed by atoms with Crippen LogP contribution in [0.3, 0.4) is 0 Å². The van der Waals surface area contributed by atoms with Crippen molar-refractivity contribution in [1.29, 1.82) is 0 Å². The van der Waals surface area contributed by atoms with E-state index in [1.165, 1.54) is 6.92 Å². The molecule has 0 bridgehead atoms. The minimum Gasteiger partial charge on any atom is -0.493 e. The maximum atomic E-state index is 10.5. The van der Waals surface area contributed by atoms with E-state index in [2.05, 4.69) is 6.92 Å². The summed E-state index contributed by atoms with van der Waals surface area (Å²) in [7, 11) is 0. The van der Waals surface area contributed by atoms with Crippen LogP contribution in [0.1, 0.15) is 23.2 Å². The van der Waals surface area contributed by atoms with Crippen molar-refractivity contribution in [3.05, 3.63) is 30.6 Å². The van der Waals surface area contributed by atoms with Crippen LogP contribution in [-0.2, 0) is 32.7 Å². The molecule has 51 valence electrons. The summed E-state index contributed by atoms with van der Waals surface area (Å²) in [5.41, 5.74) is 0. The number of ketones is 1. The van der Waals surface area contributed by atoms with E-state index in [0.29, 0.717) is 11.5 Å². The molecule has 1 radical (unpaired) electrons. The van der Waals surface area contributed by atoms with Crippen LogP contribution in [0.4, 0.5) is 0 Å². The minimum atomic E-state index is -0.0649.